The van der Waals surface area contributed by atoms with Gasteiger partial charge in [0.2, 0.25) is 0 Å². The molecule has 12 heteroatoms. The van der Waals surface area contributed by atoms with E-state index in [2.05, 4.69) is 16.4 Å². The molecule has 11 nitrogen and oxygen atoms in total. The number of primary amides is 1. The van der Waals surface area contributed by atoms with Gasteiger partial charge in [0.15, 0.2) is 5.75 Å². The van der Waals surface area contributed by atoms with E-state index in [1.54, 1.807) is 26.0 Å². The standard InChI is InChI=1S/C15H14FN3O5.CH3NO2/c1-9-6-14(22-18-15(20)13-8-17-21-10(13)2)19(23-9)24-12-5-3-4-11(16)7-12;2-1(3)4/h3-9H,1-2H3,(H,18,20);2H2,(H,3,4). The summed E-state index contributed by atoms with van der Waals surface area (Å²) in [6.45, 7) is 3.34. The molecule has 2 amide bonds. The largest absolute Gasteiger partial charge is 0.465 e. The van der Waals surface area contributed by atoms with Gasteiger partial charge in [0.05, 0.1) is 6.20 Å². The highest BCUT2D eigenvalue weighted by atomic mass is 19.1. The van der Waals surface area contributed by atoms with Crippen molar-refractivity contribution in [2.24, 2.45) is 5.73 Å². The number of rotatable bonds is 5. The number of carbonyl (C=O) groups is 2. The van der Waals surface area contributed by atoms with Gasteiger partial charge in [-0.3, -0.25) is 4.79 Å². The molecule has 0 radical (unpaired) electrons. The Morgan fingerprint density at radius 3 is 2.75 bits per heavy atom. The van der Waals surface area contributed by atoms with E-state index in [9.17, 15) is 9.18 Å². The zero-order valence-corrected chi connectivity index (χ0v) is 14.8. The van der Waals surface area contributed by atoms with Crippen LogP contribution in [0, 0.1) is 12.7 Å². The lowest BCUT2D eigenvalue weighted by molar-refractivity contribution is -0.312. The monoisotopic (exact) mass is 396 g/mol. The minimum Gasteiger partial charge on any atom is -0.465 e. The molecule has 0 fully saturated rings. The molecular weight excluding hydrogens is 379 g/mol. The van der Waals surface area contributed by atoms with Gasteiger partial charge >= 0.3 is 6.09 Å². The Hall–Kier alpha value is -3.80. The number of hydrogen-bond acceptors (Lipinski definition) is 8. The second-order valence-electron chi connectivity index (χ2n) is 5.29. The van der Waals surface area contributed by atoms with Crippen molar-refractivity contribution in [1.29, 1.82) is 0 Å². The topological polar surface area (TPSA) is 149 Å². The fourth-order valence-corrected chi connectivity index (χ4v) is 1.92. The first-order valence-electron chi connectivity index (χ1n) is 7.75. The summed E-state index contributed by atoms with van der Waals surface area (Å²) in [6, 6.07) is 5.51. The van der Waals surface area contributed by atoms with Gasteiger partial charge in [-0.25, -0.2) is 14.0 Å². The predicted octanol–water partition coefficient (Wildman–Crippen LogP) is 1.88. The highest BCUT2D eigenvalue weighted by Gasteiger charge is 2.27. The average molecular weight is 396 g/mol. The molecule has 2 aromatic rings. The summed E-state index contributed by atoms with van der Waals surface area (Å²) < 4.78 is 18.0. The highest BCUT2D eigenvalue weighted by Crippen LogP contribution is 2.22. The molecule has 0 saturated heterocycles. The summed E-state index contributed by atoms with van der Waals surface area (Å²) in [5, 5.41) is 11.7. The van der Waals surface area contributed by atoms with Crippen LogP contribution in [0.1, 0.15) is 23.0 Å². The molecule has 0 spiro atoms. The van der Waals surface area contributed by atoms with Crippen LogP contribution in [0.5, 0.6) is 5.75 Å². The molecule has 0 aliphatic carbocycles. The van der Waals surface area contributed by atoms with Crippen LogP contribution < -0.4 is 16.1 Å². The molecule has 0 saturated carbocycles. The number of nitrogens with zero attached hydrogens (tertiary/aromatic N) is 2. The van der Waals surface area contributed by atoms with Crippen molar-refractivity contribution >= 4 is 12.0 Å². The molecule has 2 heterocycles. The van der Waals surface area contributed by atoms with E-state index in [-0.39, 0.29) is 23.3 Å². The van der Waals surface area contributed by atoms with E-state index in [4.69, 9.17) is 28.9 Å². The van der Waals surface area contributed by atoms with Gasteiger partial charge in [0.25, 0.3) is 11.8 Å². The predicted molar refractivity (Wildman–Crippen MR) is 89.5 cm³/mol. The molecule has 0 bridgehead atoms. The van der Waals surface area contributed by atoms with Crippen LogP contribution in [0.15, 0.2) is 46.9 Å². The van der Waals surface area contributed by atoms with E-state index in [1.807, 2.05) is 0 Å². The van der Waals surface area contributed by atoms with Crippen molar-refractivity contribution in [3.8, 4) is 5.75 Å². The summed E-state index contributed by atoms with van der Waals surface area (Å²) >= 11 is 0. The summed E-state index contributed by atoms with van der Waals surface area (Å²) in [7, 11) is 0. The fourth-order valence-electron chi connectivity index (χ4n) is 1.92. The summed E-state index contributed by atoms with van der Waals surface area (Å²) in [5.41, 5.74) is 6.50. The SMILES string of the molecule is Cc1oncc1C(=O)NOC1=CC(C)ON1Oc1cccc(F)c1.NC(=O)O. The Labute approximate surface area is 157 Å². The number of hydrogen-bond donors (Lipinski definition) is 3. The van der Waals surface area contributed by atoms with E-state index in [0.29, 0.717) is 5.76 Å². The maximum Gasteiger partial charge on any atom is 0.402 e. The second-order valence-corrected chi connectivity index (χ2v) is 5.29. The molecule has 1 aliphatic rings. The number of carbonyl (C=O) groups excluding carboxylic acids is 1. The number of carboxylic acid groups (broad SMARTS) is 1. The quantitative estimate of drug-likeness (QED) is 0.644. The molecule has 3 rings (SSSR count). The van der Waals surface area contributed by atoms with Crippen molar-refractivity contribution in [3.05, 3.63) is 59.6 Å². The second kappa shape index (κ2) is 9.23. The van der Waals surface area contributed by atoms with E-state index < -0.39 is 17.8 Å². The van der Waals surface area contributed by atoms with Gasteiger partial charge in [-0.1, -0.05) is 11.2 Å². The molecule has 4 N–H and O–H groups in total. The van der Waals surface area contributed by atoms with Crippen molar-refractivity contribution in [2.45, 2.75) is 20.0 Å². The van der Waals surface area contributed by atoms with Gasteiger partial charge < -0.3 is 25.0 Å². The number of amides is 2. The zero-order chi connectivity index (χ0) is 20.7. The Bertz CT molecular complexity index is 866. The third kappa shape index (κ3) is 5.88. The maximum absolute atomic E-state index is 13.2. The van der Waals surface area contributed by atoms with Gasteiger partial charge in [0.1, 0.15) is 23.2 Å². The van der Waals surface area contributed by atoms with Crippen LogP contribution in [-0.2, 0) is 9.68 Å². The first-order valence-corrected chi connectivity index (χ1v) is 7.75. The van der Waals surface area contributed by atoms with Gasteiger partial charge in [-0.2, -0.15) is 5.48 Å². The average Bonchev–Trinajstić information content (AvgIpc) is 3.17. The number of nitrogens with two attached hydrogens (primary N) is 1. The zero-order valence-electron chi connectivity index (χ0n) is 14.8. The molecule has 1 atom stereocenters. The van der Waals surface area contributed by atoms with Crippen molar-refractivity contribution in [1.82, 2.24) is 15.9 Å². The fraction of sp³-hybridized carbons (Fsp3) is 0.188. The first kappa shape index (κ1) is 20.5. The summed E-state index contributed by atoms with van der Waals surface area (Å²) in [4.78, 5) is 36.7. The van der Waals surface area contributed by atoms with Crippen LogP contribution in [0.2, 0.25) is 0 Å². The number of benzene rings is 1. The summed E-state index contributed by atoms with van der Waals surface area (Å²) in [5.74, 6) is -0.342. The van der Waals surface area contributed by atoms with Crippen LogP contribution in [-0.4, -0.2) is 33.6 Å². The number of aryl methyl sites for hydroxylation is 1. The third-order valence-corrected chi connectivity index (χ3v) is 3.05. The molecule has 150 valence electrons. The van der Waals surface area contributed by atoms with Crippen LogP contribution in [0.4, 0.5) is 9.18 Å². The third-order valence-electron chi connectivity index (χ3n) is 3.05. The van der Waals surface area contributed by atoms with Gasteiger partial charge in [-0.05, 0) is 31.2 Å². The minimum atomic E-state index is -1.33. The minimum absolute atomic E-state index is 0.0919. The lowest BCUT2D eigenvalue weighted by atomic mass is 10.3. The Morgan fingerprint density at radius 2 is 2.14 bits per heavy atom. The molecule has 1 aliphatic heterocycles. The van der Waals surface area contributed by atoms with Gasteiger partial charge in [-0.15, -0.1) is 0 Å². The van der Waals surface area contributed by atoms with Crippen molar-refractivity contribution in [3.63, 3.8) is 0 Å². The first-order chi connectivity index (χ1) is 13.3. The van der Waals surface area contributed by atoms with E-state index in [0.717, 1.165) is 5.23 Å². The number of aromatic nitrogens is 1. The number of nitrogens with one attached hydrogen (secondary N) is 1. The molecule has 1 aromatic heterocycles. The molecule has 1 unspecified atom stereocenters. The van der Waals surface area contributed by atoms with E-state index >= 15 is 0 Å². The van der Waals surface area contributed by atoms with Gasteiger partial charge in [0, 0.05) is 12.1 Å². The molecule has 1 aromatic carbocycles. The number of halogens is 1. The van der Waals surface area contributed by atoms with Crippen molar-refractivity contribution < 1.29 is 38.1 Å². The molecule has 28 heavy (non-hydrogen) atoms. The highest BCUT2D eigenvalue weighted by molar-refractivity contribution is 5.94. The van der Waals surface area contributed by atoms with Crippen LogP contribution >= 0.6 is 0 Å². The maximum atomic E-state index is 13.2. The van der Waals surface area contributed by atoms with Crippen LogP contribution in [0.3, 0.4) is 0 Å². The lowest BCUT2D eigenvalue weighted by Gasteiger charge is -2.20. The van der Waals surface area contributed by atoms with Crippen molar-refractivity contribution in [2.75, 3.05) is 0 Å². The van der Waals surface area contributed by atoms with E-state index in [1.165, 1.54) is 24.4 Å². The lowest BCUT2D eigenvalue weighted by Crippen LogP contribution is -2.31. The Kier molecular flexibility index (Phi) is 6.76. The molecular formula is C16H17FN4O7. The smallest absolute Gasteiger partial charge is 0.402 e. The number of hydroxylamine groups is 3. The normalized spacial score (nSPS) is 15.2. The summed E-state index contributed by atoms with van der Waals surface area (Å²) in [6.07, 6.45) is 1.15. The Balaban J connectivity index is 0.000000640. The van der Waals surface area contributed by atoms with Crippen LogP contribution in [0.25, 0.3) is 0 Å². The Morgan fingerprint density at radius 1 is 1.43 bits per heavy atom.